The highest BCUT2D eigenvalue weighted by Gasteiger charge is 2.21. The Morgan fingerprint density at radius 3 is 1.93 bits per heavy atom. The van der Waals surface area contributed by atoms with Crippen molar-refractivity contribution in [2.45, 2.75) is 110 Å². The quantitative estimate of drug-likeness (QED) is 0.154. The van der Waals surface area contributed by atoms with Crippen LogP contribution >= 0.6 is 0 Å². The highest BCUT2D eigenvalue weighted by molar-refractivity contribution is 5.78. The summed E-state index contributed by atoms with van der Waals surface area (Å²) in [6.07, 6.45) is 20.5. The van der Waals surface area contributed by atoms with Crippen molar-refractivity contribution < 1.29 is 19.4 Å². The van der Waals surface area contributed by atoms with Gasteiger partial charge in [0.1, 0.15) is 0 Å². The minimum absolute atomic E-state index is 0.00354. The molecule has 27 heavy (non-hydrogen) atoms. The van der Waals surface area contributed by atoms with Gasteiger partial charge in [-0.05, 0) is 32.1 Å². The van der Waals surface area contributed by atoms with Gasteiger partial charge in [0.05, 0.1) is 18.9 Å². The molecule has 158 valence electrons. The van der Waals surface area contributed by atoms with Gasteiger partial charge in [-0.3, -0.25) is 9.59 Å². The molecule has 0 amide bonds. The fourth-order valence-corrected chi connectivity index (χ4v) is 3.14. The standard InChI is InChI=1S/C23H42O4/c1-3-5-6-7-8-9-10-11-12-13-14-15-16-17-18-21(23(25)26)20-22(24)27-19-4-2/h5-6,21H,3-4,7-20H2,1-2H3,(H,25,26)/b6-5+. The van der Waals surface area contributed by atoms with E-state index in [0.29, 0.717) is 13.0 Å². The van der Waals surface area contributed by atoms with Crippen LogP contribution in [0, 0.1) is 5.92 Å². The number of esters is 1. The Bertz CT molecular complexity index is 390. The predicted molar refractivity (Wildman–Crippen MR) is 112 cm³/mol. The van der Waals surface area contributed by atoms with Gasteiger partial charge in [0.2, 0.25) is 0 Å². The Labute approximate surface area is 166 Å². The number of ether oxygens (including phenoxy) is 1. The lowest BCUT2D eigenvalue weighted by atomic mass is 9.97. The summed E-state index contributed by atoms with van der Waals surface area (Å²) in [5, 5.41) is 9.24. The summed E-state index contributed by atoms with van der Waals surface area (Å²) < 4.78 is 4.99. The van der Waals surface area contributed by atoms with Gasteiger partial charge in [0, 0.05) is 0 Å². The second-order valence-corrected chi connectivity index (χ2v) is 7.45. The van der Waals surface area contributed by atoms with E-state index >= 15 is 0 Å². The van der Waals surface area contributed by atoms with Crippen molar-refractivity contribution in [3.05, 3.63) is 12.2 Å². The van der Waals surface area contributed by atoms with Gasteiger partial charge in [-0.25, -0.2) is 0 Å². The number of allylic oxidation sites excluding steroid dienone is 2. The van der Waals surface area contributed by atoms with Crippen molar-refractivity contribution in [3.8, 4) is 0 Å². The number of carbonyl (C=O) groups excluding carboxylic acids is 1. The van der Waals surface area contributed by atoms with Gasteiger partial charge in [-0.2, -0.15) is 0 Å². The lowest BCUT2D eigenvalue weighted by molar-refractivity contribution is -0.151. The monoisotopic (exact) mass is 382 g/mol. The third kappa shape index (κ3) is 17.8. The molecule has 0 aliphatic carbocycles. The molecule has 0 aromatic rings. The molecule has 0 fully saturated rings. The van der Waals surface area contributed by atoms with Crippen LogP contribution in [0.15, 0.2) is 12.2 Å². The Hall–Kier alpha value is -1.32. The predicted octanol–water partition coefficient (Wildman–Crippen LogP) is 6.68. The van der Waals surface area contributed by atoms with Crippen LogP contribution in [0.1, 0.15) is 110 Å². The first kappa shape index (κ1) is 25.7. The smallest absolute Gasteiger partial charge is 0.307 e. The van der Waals surface area contributed by atoms with Crippen molar-refractivity contribution in [2.24, 2.45) is 5.92 Å². The number of hydrogen-bond donors (Lipinski definition) is 1. The molecule has 0 rings (SSSR count). The molecule has 4 nitrogen and oxygen atoms in total. The van der Waals surface area contributed by atoms with Crippen LogP contribution in [0.25, 0.3) is 0 Å². The number of carboxylic acids is 1. The first-order chi connectivity index (χ1) is 13.1. The van der Waals surface area contributed by atoms with Crippen molar-refractivity contribution in [1.29, 1.82) is 0 Å². The average Bonchev–Trinajstić information content (AvgIpc) is 2.65. The molecule has 0 bridgehead atoms. The number of unbranched alkanes of at least 4 members (excludes halogenated alkanes) is 10. The topological polar surface area (TPSA) is 63.6 Å². The van der Waals surface area contributed by atoms with E-state index in [1.165, 1.54) is 51.4 Å². The van der Waals surface area contributed by atoms with Crippen LogP contribution < -0.4 is 0 Å². The molecule has 4 heteroatoms. The maximum atomic E-state index is 11.6. The first-order valence-corrected chi connectivity index (χ1v) is 11.1. The zero-order chi connectivity index (χ0) is 20.2. The van der Waals surface area contributed by atoms with Gasteiger partial charge >= 0.3 is 11.9 Å². The van der Waals surface area contributed by atoms with Crippen LogP contribution in [-0.4, -0.2) is 23.7 Å². The molecule has 0 saturated carbocycles. The highest BCUT2D eigenvalue weighted by atomic mass is 16.5. The van der Waals surface area contributed by atoms with Crippen LogP contribution in [0.5, 0.6) is 0 Å². The van der Waals surface area contributed by atoms with E-state index in [9.17, 15) is 14.7 Å². The Morgan fingerprint density at radius 1 is 0.852 bits per heavy atom. The van der Waals surface area contributed by atoms with E-state index in [4.69, 9.17) is 4.74 Å². The minimum Gasteiger partial charge on any atom is -0.481 e. The lowest BCUT2D eigenvalue weighted by Crippen LogP contribution is -2.19. The highest BCUT2D eigenvalue weighted by Crippen LogP contribution is 2.17. The molecule has 1 unspecified atom stereocenters. The van der Waals surface area contributed by atoms with Crippen LogP contribution in [-0.2, 0) is 14.3 Å². The van der Waals surface area contributed by atoms with Gasteiger partial charge in [-0.15, -0.1) is 0 Å². The van der Waals surface area contributed by atoms with E-state index in [1.54, 1.807) is 0 Å². The van der Waals surface area contributed by atoms with Crippen LogP contribution in [0.4, 0.5) is 0 Å². The number of rotatable bonds is 19. The average molecular weight is 383 g/mol. The molecule has 0 aliphatic rings. The van der Waals surface area contributed by atoms with Crippen molar-refractivity contribution >= 4 is 11.9 Å². The van der Waals surface area contributed by atoms with Gasteiger partial charge in [0.25, 0.3) is 0 Å². The van der Waals surface area contributed by atoms with Crippen molar-refractivity contribution in [2.75, 3.05) is 6.61 Å². The van der Waals surface area contributed by atoms with Gasteiger partial charge in [-0.1, -0.05) is 83.8 Å². The summed E-state index contributed by atoms with van der Waals surface area (Å²) in [6.45, 7) is 4.47. The fraction of sp³-hybridized carbons (Fsp3) is 0.826. The van der Waals surface area contributed by atoms with Crippen molar-refractivity contribution in [3.63, 3.8) is 0 Å². The third-order valence-electron chi connectivity index (χ3n) is 4.81. The lowest BCUT2D eigenvalue weighted by Gasteiger charge is -2.11. The van der Waals surface area contributed by atoms with E-state index in [-0.39, 0.29) is 12.4 Å². The SMILES string of the molecule is CC/C=C/CCCCCCCCCCCCC(CC(=O)OCCC)C(=O)O. The molecule has 0 radical (unpaired) electrons. The number of aliphatic carboxylic acids is 1. The second kappa shape index (κ2) is 19.4. The molecule has 0 aromatic carbocycles. The number of carboxylic acid groups (broad SMARTS) is 1. The van der Waals surface area contributed by atoms with E-state index < -0.39 is 11.9 Å². The largest absolute Gasteiger partial charge is 0.481 e. The second-order valence-electron chi connectivity index (χ2n) is 7.45. The van der Waals surface area contributed by atoms with E-state index in [0.717, 1.165) is 32.1 Å². The molecular formula is C23H42O4. The van der Waals surface area contributed by atoms with Crippen molar-refractivity contribution in [1.82, 2.24) is 0 Å². The number of hydrogen-bond acceptors (Lipinski definition) is 3. The maximum Gasteiger partial charge on any atom is 0.307 e. The van der Waals surface area contributed by atoms with Gasteiger partial charge in [0.15, 0.2) is 0 Å². The van der Waals surface area contributed by atoms with Crippen LogP contribution in [0.3, 0.4) is 0 Å². The van der Waals surface area contributed by atoms with Gasteiger partial charge < -0.3 is 9.84 Å². The molecule has 0 heterocycles. The number of carbonyl (C=O) groups is 2. The molecule has 1 atom stereocenters. The maximum absolute atomic E-state index is 11.6. The third-order valence-corrected chi connectivity index (χ3v) is 4.81. The summed E-state index contributed by atoms with van der Waals surface area (Å²) in [5.41, 5.74) is 0. The Morgan fingerprint density at radius 2 is 1.41 bits per heavy atom. The normalized spacial score (nSPS) is 12.4. The Balaban J connectivity index is 3.51. The molecule has 0 aromatic heterocycles. The van der Waals surface area contributed by atoms with Crippen LogP contribution in [0.2, 0.25) is 0 Å². The molecule has 1 N–H and O–H groups in total. The molecular weight excluding hydrogens is 340 g/mol. The fourth-order valence-electron chi connectivity index (χ4n) is 3.14. The Kier molecular flexibility index (Phi) is 18.5. The zero-order valence-electron chi connectivity index (χ0n) is 17.7. The van der Waals surface area contributed by atoms with E-state index in [1.807, 2.05) is 6.92 Å². The zero-order valence-corrected chi connectivity index (χ0v) is 17.7. The summed E-state index contributed by atoms with van der Waals surface area (Å²) in [4.78, 5) is 22.8. The first-order valence-electron chi connectivity index (χ1n) is 11.1. The summed E-state index contributed by atoms with van der Waals surface area (Å²) in [6, 6.07) is 0. The molecule has 0 aliphatic heterocycles. The van der Waals surface area contributed by atoms with E-state index in [2.05, 4.69) is 19.1 Å². The summed E-state index contributed by atoms with van der Waals surface area (Å²) in [5.74, 6) is -1.86. The molecule has 0 spiro atoms. The summed E-state index contributed by atoms with van der Waals surface area (Å²) in [7, 11) is 0. The minimum atomic E-state index is -0.881. The molecule has 0 saturated heterocycles. The summed E-state index contributed by atoms with van der Waals surface area (Å²) >= 11 is 0.